The standard InChI is InChI=1S/C24H29F3N2O3/c1-15-23(28-21(31)32-15)13-18(14-23)20(30)29-10-8-22(9-11-29)7-6-17(12-22)16-2-4-19(5-3-16)24(25,26)27/h2-5,15,17-18H,6-14H2,1H3,(H,28,31). The van der Waals surface area contributed by atoms with Crippen LogP contribution in [0.1, 0.15) is 68.9 Å². The van der Waals surface area contributed by atoms with Crippen molar-refractivity contribution in [2.75, 3.05) is 13.1 Å². The Kier molecular flexibility index (Phi) is 4.98. The molecule has 2 saturated carbocycles. The first-order chi connectivity index (χ1) is 15.1. The lowest BCUT2D eigenvalue weighted by Gasteiger charge is -2.48. The number of hydrogen-bond acceptors (Lipinski definition) is 3. The van der Waals surface area contributed by atoms with Crippen molar-refractivity contribution in [1.82, 2.24) is 10.2 Å². The van der Waals surface area contributed by atoms with Gasteiger partial charge in [0.15, 0.2) is 0 Å². The van der Waals surface area contributed by atoms with Crippen LogP contribution in [0.3, 0.4) is 0 Å². The van der Waals surface area contributed by atoms with Crippen LogP contribution in [0.2, 0.25) is 0 Å². The lowest BCUT2D eigenvalue weighted by Crippen LogP contribution is -2.61. The van der Waals surface area contributed by atoms with Crippen LogP contribution in [-0.4, -0.2) is 41.6 Å². The van der Waals surface area contributed by atoms with Gasteiger partial charge in [-0.1, -0.05) is 12.1 Å². The van der Waals surface area contributed by atoms with Crippen molar-refractivity contribution >= 4 is 12.0 Å². The highest BCUT2D eigenvalue weighted by Crippen LogP contribution is 2.53. The highest BCUT2D eigenvalue weighted by molar-refractivity contribution is 5.82. The Morgan fingerprint density at radius 2 is 1.75 bits per heavy atom. The first-order valence-electron chi connectivity index (χ1n) is 11.5. The normalized spacial score (nSPS) is 33.8. The third-order valence-corrected chi connectivity index (χ3v) is 8.53. The number of benzene rings is 1. The van der Waals surface area contributed by atoms with E-state index in [9.17, 15) is 22.8 Å². The number of alkyl halides is 3. The summed E-state index contributed by atoms with van der Waals surface area (Å²) in [5.41, 5.74) is 0.196. The third kappa shape index (κ3) is 3.65. The van der Waals surface area contributed by atoms with E-state index in [1.165, 1.54) is 12.1 Å². The Morgan fingerprint density at radius 3 is 2.31 bits per heavy atom. The minimum atomic E-state index is -4.30. The molecule has 174 valence electrons. The number of nitrogens with zero attached hydrogens (tertiary/aromatic N) is 1. The van der Waals surface area contributed by atoms with Crippen LogP contribution in [0.25, 0.3) is 0 Å². The van der Waals surface area contributed by atoms with Gasteiger partial charge >= 0.3 is 12.3 Å². The fraction of sp³-hybridized carbons (Fsp3) is 0.667. The summed E-state index contributed by atoms with van der Waals surface area (Å²) < 4.78 is 43.7. The van der Waals surface area contributed by atoms with E-state index in [1.54, 1.807) is 12.1 Å². The number of alkyl carbamates (subject to hydrolysis) is 1. The van der Waals surface area contributed by atoms with Gasteiger partial charge in [-0.2, -0.15) is 13.2 Å². The molecule has 5 rings (SSSR count). The van der Waals surface area contributed by atoms with Gasteiger partial charge in [0.25, 0.3) is 0 Å². The Labute approximate surface area is 185 Å². The van der Waals surface area contributed by atoms with Gasteiger partial charge in [-0.3, -0.25) is 4.79 Å². The molecule has 0 aromatic heterocycles. The maximum atomic E-state index is 13.0. The second-order valence-corrected chi connectivity index (χ2v) is 10.3. The predicted molar refractivity (Wildman–Crippen MR) is 111 cm³/mol. The van der Waals surface area contributed by atoms with Gasteiger partial charge in [0.2, 0.25) is 5.91 Å². The number of cyclic esters (lactones) is 1. The number of nitrogens with one attached hydrogen (secondary N) is 1. The van der Waals surface area contributed by atoms with Crippen molar-refractivity contribution in [3.05, 3.63) is 35.4 Å². The van der Waals surface area contributed by atoms with Crippen molar-refractivity contribution in [3.63, 3.8) is 0 Å². The monoisotopic (exact) mass is 450 g/mol. The van der Waals surface area contributed by atoms with E-state index in [4.69, 9.17) is 4.74 Å². The summed E-state index contributed by atoms with van der Waals surface area (Å²) in [4.78, 5) is 26.5. The van der Waals surface area contributed by atoms with Crippen LogP contribution >= 0.6 is 0 Å². The number of carbonyl (C=O) groups excluding carboxylic acids is 2. The van der Waals surface area contributed by atoms with E-state index in [-0.39, 0.29) is 28.9 Å². The van der Waals surface area contributed by atoms with E-state index in [1.807, 2.05) is 11.8 Å². The molecular weight excluding hydrogens is 421 g/mol. The van der Waals surface area contributed by atoms with Crippen LogP contribution < -0.4 is 5.32 Å². The van der Waals surface area contributed by atoms with Crippen molar-refractivity contribution in [1.29, 1.82) is 0 Å². The lowest BCUT2D eigenvalue weighted by molar-refractivity contribution is -0.144. The van der Waals surface area contributed by atoms with Crippen LogP contribution in [0.5, 0.6) is 0 Å². The fourth-order valence-electron chi connectivity index (χ4n) is 6.39. The molecule has 4 aliphatic rings. The van der Waals surface area contributed by atoms with E-state index >= 15 is 0 Å². The van der Waals surface area contributed by atoms with Gasteiger partial charge in [-0.25, -0.2) is 4.79 Å². The van der Waals surface area contributed by atoms with Crippen molar-refractivity contribution in [2.45, 2.75) is 75.6 Å². The smallest absolute Gasteiger partial charge is 0.416 e. The van der Waals surface area contributed by atoms with Crippen LogP contribution in [-0.2, 0) is 15.7 Å². The molecule has 2 atom stereocenters. The maximum Gasteiger partial charge on any atom is 0.416 e. The molecule has 0 bridgehead atoms. The number of piperidine rings is 1. The number of ether oxygens (including phenoxy) is 1. The predicted octanol–water partition coefficient (Wildman–Crippen LogP) is 4.86. The maximum absolute atomic E-state index is 13.0. The molecular formula is C24H29F3N2O3. The molecule has 4 fully saturated rings. The average molecular weight is 451 g/mol. The zero-order valence-corrected chi connectivity index (χ0v) is 18.2. The van der Waals surface area contributed by atoms with Crippen LogP contribution in [0, 0.1) is 11.3 Å². The summed E-state index contributed by atoms with van der Waals surface area (Å²) in [6.45, 7) is 3.34. The first kappa shape index (κ1) is 21.6. The summed E-state index contributed by atoms with van der Waals surface area (Å²) in [7, 11) is 0. The molecule has 1 aromatic rings. The third-order valence-electron chi connectivity index (χ3n) is 8.53. The zero-order valence-electron chi connectivity index (χ0n) is 18.2. The van der Waals surface area contributed by atoms with E-state index < -0.39 is 17.8 Å². The first-order valence-corrected chi connectivity index (χ1v) is 11.5. The molecule has 1 aromatic carbocycles. The van der Waals surface area contributed by atoms with E-state index in [0.29, 0.717) is 18.8 Å². The second kappa shape index (κ2) is 7.39. The Hall–Kier alpha value is -2.25. The average Bonchev–Trinajstić information content (AvgIpc) is 3.27. The molecule has 0 radical (unpaired) electrons. The summed E-state index contributed by atoms with van der Waals surface area (Å²) >= 11 is 0. The molecule has 2 spiro atoms. The number of likely N-dealkylation sites (tertiary alicyclic amines) is 1. The molecule has 1 N–H and O–H groups in total. The lowest BCUT2D eigenvalue weighted by atomic mass is 9.65. The van der Waals surface area contributed by atoms with Gasteiger partial charge in [0, 0.05) is 19.0 Å². The highest BCUT2D eigenvalue weighted by atomic mass is 19.4. The minimum absolute atomic E-state index is 0.0584. The summed E-state index contributed by atoms with van der Waals surface area (Å²) in [6.07, 6.45) is 1.30. The molecule has 2 unspecified atom stereocenters. The van der Waals surface area contributed by atoms with E-state index in [0.717, 1.165) is 50.8 Å². The molecule has 8 heteroatoms. The van der Waals surface area contributed by atoms with E-state index in [2.05, 4.69) is 5.32 Å². The van der Waals surface area contributed by atoms with Crippen molar-refractivity contribution in [3.8, 4) is 0 Å². The largest absolute Gasteiger partial charge is 0.444 e. The van der Waals surface area contributed by atoms with Gasteiger partial charge in [0.05, 0.1) is 11.1 Å². The number of rotatable bonds is 2. The molecule has 2 amide bonds. The summed E-state index contributed by atoms with van der Waals surface area (Å²) in [6, 6.07) is 5.63. The SMILES string of the molecule is CC1OC(=O)NC12CC(C(=O)N1CCC3(CCC(c4ccc(C(F)(F)F)cc4)C3)CC1)C2. The van der Waals surface area contributed by atoms with Crippen LogP contribution in [0.15, 0.2) is 24.3 Å². The number of halogens is 3. The Morgan fingerprint density at radius 1 is 1.09 bits per heavy atom. The summed E-state index contributed by atoms with van der Waals surface area (Å²) in [5.74, 6) is 0.409. The number of hydrogen-bond donors (Lipinski definition) is 1. The van der Waals surface area contributed by atoms with Gasteiger partial charge in [-0.05, 0) is 80.9 Å². The van der Waals surface area contributed by atoms with Gasteiger partial charge < -0.3 is 15.0 Å². The highest BCUT2D eigenvalue weighted by Gasteiger charge is 2.57. The van der Waals surface area contributed by atoms with Gasteiger partial charge in [0.1, 0.15) is 6.10 Å². The fourth-order valence-corrected chi connectivity index (χ4v) is 6.39. The van der Waals surface area contributed by atoms with Crippen LogP contribution in [0.4, 0.5) is 18.0 Å². The van der Waals surface area contributed by atoms with Gasteiger partial charge in [-0.15, -0.1) is 0 Å². The molecule has 2 heterocycles. The molecule has 2 aliphatic heterocycles. The van der Waals surface area contributed by atoms with Crippen molar-refractivity contribution in [2.24, 2.45) is 11.3 Å². The quantitative estimate of drug-likeness (QED) is 0.700. The molecule has 5 nitrogen and oxygen atoms in total. The topological polar surface area (TPSA) is 58.6 Å². The Bertz CT molecular complexity index is 900. The molecule has 32 heavy (non-hydrogen) atoms. The number of amides is 2. The zero-order chi connectivity index (χ0) is 22.7. The molecule has 2 aliphatic carbocycles. The second-order valence-electron chi connectivity index (χ2n) is 10.3. The minimum Gasteiger partial charge on any atom is -0.444 e. The Balaban J connectivity index is 1.14. The summed E-state index contributed by atoms with van der Waals surface area (Å²) in [5, 5.41) is 2.88. The van der Waals surface area contributed by atoms with Crippen molar-refractivity contribution < 1.29 is 27.5 Å². The molecule has 2 saturated heterocycles. The number of carbonyl (C=O) groups is 2.